The van der Waals surface area contributed by atoms with Crippen molar-refractivity contribution in [1.29, 1.82) is 5.41 Å². The van der Waals surface area contributed by atoms with E-state index in [1.54, 1.807) is 0 Å². The van der Waals surface area contributed by atoms with Gasteiger partial charge in [0.25, 0.3) is 5.91 Å². The molecule has 1 amide bonds. The minimum Gasteiger partial charge on any atom is -0.398 e. The Balaban J connectivity index is 1.75. The lowest BCUT2D eigenvalue weighted by Gasteiger charge is -2.27. The van der Waals surface area contributed by atoms with E-state index in [1.807, 2.05) is 42.2 Å². The Labute approximate surface area is 208 Å². The van der Waals surface area contributed by atoms with Gasteiger partial charge in [0.15, 0.2) is 0 Å². The summed E-state index contributed by atoms with van der Waals surface area (Å²) < 4.78 is 5.43. The zero-order chi connectivity index (χ0) is 24.8. The van der Waals surface area contributed by atoms with Crippen LogP contribution in [0.5, 0.6) is 0 Å². The molecule has 0 unspecified atom stereocenters. The number of nitrogen functional groups attached to an aromatic ring is 1. The van der Waals surface area contributed by atoms with E-state index in [9.17, 15) is 4.79 Å². The van der Waals surface area contributed by atoms with E-state index in [4.69, 9.17) is 20.9 Å². The number of aryl methyl sites for hydroxylation is 1. The SMILES string of the molecule is C\C=C(/C=C\C(=C\CCC)C(=O)N1CCOCC1)c1nc2ccc(N)c(C=N)c2c2c1CCCC2. The van der Waals surface area contributed by atoms with Gasteiger partial charge >= 0.3 is 0 Å². The maximum Gasteiger partial charge on any atom is 0.253 e. The zero-order valence-electron chi connectivity index (χ0n) is 20.9. The van der Waals surface area contributed by atoms with Gasteiger partial charge in [-0.3, -0.25) is 4.79 Å². The molecule has 184 valence electrons. The molecule has 1 aliphatic heterocycles. The fraction of sp³-hybridized carbons (Fsp3) is 0.414. The Morgan fingerprint density at radius 1 is 1.17 bits per heavy atom. The summed E-state index contributed by atoms with van der Waals surface area (Å²) in [6.45, 7) is 6.58. The number of hydrogen-bond donors (Lipinski definition) is 2. The van der Waals surface area contributed by atoms with Gasteiger partial charge in [0.05, 0.1) is 24.4 Å². The number of hydrogen-bond acceptors (Lipinski definition) is 5. The van der Waals surface area contributed by atoms with Gasteiger partial charge in [0.2, 0.25) is 0 Å². The van der Waals surface area contributed by atoms with E-state index in [2.05, 4.69) is 13.0 Å². The highest BCUT2D eigenvalue weighted by atomic mass is 16.5. The second-order valence-corrected chi connectivity index (χ2v) is 9.16. The number of anilines is 1. The molecule has 3 N–H and O–H groups in total. The molecule has 0 bridgehead atoms. The molecule has 0 spiro atoms. The third kappa shape index (κ3) is 5.22. The Kier molecular flexibility index (Phi) is 8.13. The first-order valence-electron chi connectivity index (χ1n) is 12.7. The van der Waals surface area contributed by atoms with Crippen LogP contribution in [-0.2, 0) is 22.4 Å². The van der Waals surface area contributed by atoms with Gasteiger partial charge in [0, 0.05) is 41.5 Å². The topological polar surface area (TPSA) is 92.3 Å². The molecule has 2 heterocycles. The zero-order valence-corrected chi connectivity index (χ0v) is 20.9. The van der Waals surface area contributed by atoms with Gasteiger partial charge in [-0.1, -0.05) is 31.6 Å². The normalized spacial score (nSPS) is 17.1. The van der Waals surface area contributed by atoms with Crippen LogP contribution in [0, 0.1) is 5.41 Å². The van der Waals surface area contributed by atoms with Crippen molar-refractivity contribution in [2.75, 3.05) is 32.0 Å². The van der Waals surface area contributed by atoms with Gasteiger partial charge in [-0.05, 0) is 73.9 Å². The van der Waals surface area contributed by atoms with Crippen molar-refractivity contribution in [2.45, 2.75) is 52.4 Å². The standard InChI is InChI=1S/C29H36N4O2/c1-3-5-8-21(29(34)33-15-17-35-18-16-33)12-11-20(4-2)28-23-10-7-6-9-22(23)27-24(19-30)25(31)13-14-26(27)32-28/h4,8,11-14,19,30H,3,5-7,9-10,15-18,31H2,1-2H3/b12-11-,20-4+,21-8-,30-19?. The number of morpholine rings is 1. The molecule has 1 aromatic carbocycles. The molecule has 6 heteroatoms. The molecule has 1 saturated heterocycles. The molecule has 35 heavy (non-hydrogen) atoms. The lowest BCUT2D eigenvalue weighted by Crippen LogP contribution is -2.41. The maximum atomic E-state index is 13.2. The first kappa shape index (κ1) is 24.9. The van der Waals surface area contributed by atoms with Crippen molar-refractivity contribution < 1.29 is 9.53 Å². The van der Waals surface area contributed by atoms with Gasteiger partial charge in [-0.15, -0.1) is 0 Å². The molecule has 6 nitrogen and oxygen atoms in total. The van der Waals surface area contributed by atoms with E-state index in [1.165, 1.54) is 17.3 Å². The number of carbonyl (C=O) groups is 1. The average molecular weight is 473 g/mol. The number of fused-ring (bicyclic) bond motifs is 3. The number of benzene rings is 1. The minimum atomic E-state index is 0.0630. The van der Waals surface area contributed by atoms with Gasteiger partial charge in [-0.2, -0.15) is 0 Å². The molecule has 2 aliphatic rings. The highest BCUT2D eigenvalue weighted by molar-refractivity contribution is 6.05. The van der Waals surface area contributed by atoms with Crippen molar-refractivity contribution in [3.63, 3.8) is 0 Å². The summed E-state index contributed by atoms with van der Waals surface area (Å²) in [5, 5.41) is 8.96. The van der Waals surface area contributed by atoms with Crippen LogP contribution in [0.2, 0.25) is 0 Å². The second-order valence-electron chi connectivity index (χ2n) is 9.16. The average Bonchev–Trinajstić information content (AvgIpc) is 2.90. The fourth-order valence-corrected chi connectivity index (χ4v) is 5.03. The van der Waals surface area contributed by atoms with Crippen molar-refractivity contribution in [2.24, 2.45) is 0 Å². The Bertz CT molecular complexity index is 1200. The largest absolute Gasteiger partial charge is 0.398 e. The fourth-order valence-electron chi connectivity index (χ4n) is 5.03. The summed E-state index contributed by atoms with van der Waals surface area (Å²) in [6, 6.07) is 3.80. The van der Waals surface area contributed by atoms with E-state index >= 15 is 0 Å². The number of amides is 1. The Hall–Kier alpha value is -3.25. The molecule has 1 aliphatic carbocycles. The number of nitrogens with one attached hydrogen (secondary N) is 1. The molecule has 1 aromatic heterocycles. The second kappa shape index (κ2) is 11.5. The van der Waals surface area contributed by atoms with E-state index < -0.39 is 0 Å². The van der Waals surface area contributed by atoms with E-state index in [-0.39, 0.29) is 5.91 Å². The van der Waals surface area contributed by atoms with Gasteiger partial charge in [-0.25, -0.2) is 4.98 Å². The monoisotopic (exact) mass is 472 g/mol. The summed E-state index contributed by atoms with van der Waals surface area (Å²) in [6.07, 6.45) is 15.5. The highest BCUT2D eigenvalue weighted by Gasteiger charge is 2.23. The van der Waals surface area contributed by atoms with Gasteiger partial charge < -0.3 is 20.8 Å². The summed E-state index contributed by atoms with van der Waals surface area (Å²) in [5.74, 6) is 0.0630. The summed E-state index contributed by atoms with van der Waals surface area (Å²) >= 11 is 0. The van der Waals surface area contributed by atoms with Crippen molar-refractivity contribution in [1.82, 2.24) is 9.88 Å². The number of pyridine rings is 1. The molecule has 0 saturated carbocycles. The van der Waals surface area contributed by atoms with Crippen LogP contribution in [-0.4, -0.2) is 48.3 Å². The number of ether oxygens (including phenoxy) is 1. The predicted octanol–water partition coefficient (Wildman–Crippen LogP) is 5.24. The summed E-state index contributed by atoms with van der Waals surface area (Å²) in [7, 11) is 0. The third-order valence-electron chi connectivity index (χ3n) is 6.91. The lowest BCUT2D eigenvalue weighted by molar-refractivity contribution is -0.130. The van der Waals surface area contributed by atoms with Crippen molar-refractivity contribution in [3.05, 3.63) is 64.4 Å². The smallest absolute Gasteiger partial charge is 0.253 e. The number of unbranched alkanes of at least 4 members (excludes halogenated alkanes) is 1. The maximum absolute atomic E-state index is 13.2. The summed E-state index contributed by atoms with van der Waals surface area (Å²) in [4.78, 5) is 20.2. The van der Waals surface area contributed by atoms with Crippen LogP contribution in [0.15, 0.2) is 42.0 Å². The Morgan fingerprint density at radius 3 is 2.60 bits per heavy atom. The molecule has 4 rings (SSSR count). The van der Waals surface area contributed by atoms with Crippen molar-refractivity contribution in [3.8, 4) is 0 Å². The number of nitrogens with two attached hydrogens (primary N) is 1. The number of carbonyl (C=O) groups excluding carboxylic acids is 1. The predicted molar refractivity (Wildman–Crippen MR) is 144 cm³/mol. The highest BCUT2D eigenvalue weighted by Crippen LogP contribution is 2.36. The molecular weight excluding hydrogens is 436 g/mol. The number of allylic oxidation sites excluding steroid dienone is 4. The van der Waals surface area contributed by atoms with Gasteiger partial charge in [0.1, 0.15) is 0 Å². The first-order valence-corrected chi connectivity index (χ1v) is 12.7. The van der Waals surface area contributed by atoms with E-state index in [0.29, 0.717) is 32.0 Å². The number of aromatic nitrogens is 1. The number of nitrogens with zero attached hydrogens (tertiary/aromatic N) is 2. The molecule has 0 atom stereocenters. The van der Waals surface area contributed by atoms with Crippen LogP contribution >= 0.6 is 0 Å². The van der Waals surface area contributed by atoms with Crippen LogP contribution in [0.25, 0.3) is 16.5 Å². The van der Waals surface area contributed by atoms with Crippen LogP contribution < -0.4 is 5.73 Å². The molecule has 1 fully saturated rings. The first-order chi connectivity index (χ1) is 17.1. The quantitative estimate of drug-likeness (QED) is 0.249. The minimum absolute atomic E-state index is 0.0630. The van der Waals surface area contributed by atoms with E-state index in [0.717, 1.165) is 71.8 Å². The van der Waals surface area contributed by atoms with Crippen LogP contribution in [0.4, 0.5) is 5.69 Å². The van der Waals surface area contributed by atoms with Crippen molar-refractivity contribution >= 4 is 34.3 Å². The molecular formula is C29H36N4O2. The number of rotatable bonds is 7. The molecule has 0 radical (unpaired) electrons. The summed E-state index contributed by atoms with van der Waals surface area (Å²) in [5.41, 5.74) is 13.7. The molecule has 2 aromatic rings. The third-order valence-corrected chi connectivity index (χ3v) is 6.91. The van der Waals surface area contributed by atoms with Crippen LogP contribution in [0.3, 0.4) is 0 Å². The van der Waals surface area contributed by atoms with Crippen LogP contribution in [0.1, 0.15) is 61.9 Å². The lowest BCUT2D eigenvalue weighted by atomic mass is 9.84. The Morgan fingerprint density at radius 2 is 1.91 bits per heavy atom.